The van der Waals surface area contributed by atoms with E-state index in [0.717, 1.165) is 17.3 Å². The van der Waals surface area contributed by atoms with E-state index in [9.17, 15) is 0 Å². The molecule has 0 aliphatic rings. The van der Waals surface area contributed by atoms with Crippen LogP contribution in [0, 0.1) is 0 Å². The van der Waals surface area contributed by atoms with Gasteiger partial charge in [-0.25, -0.2) is 0 Å². The van der Waals surface area contributed by atoms with E-state index in [0.29, 0.717) is 0 Å². The number of fused-ring (bicyclic) bond motifs is 1. The molecule has 0 aliphatic heterocycles. The van der Waals surface area contributed by atoms with Gasteiger partial charge in [0, 0.05) is 11.1 Å². The molecule has 0 N–H and O–H groups in total. The summed E-state index contributed by atoms with van der Waals surface area (Å²) in [5.41, 5.74) is 2.75. The molecule has 92 valence electrons. The van der Waals surface area contributed by atoms with Gasteiger partial charge < -0.3 is 4.57 Å². The van der Waals surface area contributed by atoms with Gasteiger partial charge in [0.25, 0.3) is 0 Å². The number of aryl methyl sites for hydroxylation is 1. The van der Waals surface area contributed by atoms with Crippen molar-refractivity contribution >= 4 is 33.8 Å². The average molecular weight is 276 g/mol. The van der Waals surface area contributed by atoms with Crippen LogP contribution in [0.25, 0.3) is 10.9 Å². The van der Waals surface area contributed by atoms with Gasteiger partial charge in [-0.3, -0.25) is 0 Å². The lowest BCUT2D eigenvalue weighted by Crippen LogP contribution is -1.98. The zero-order valence-corrected chi connectivity index (χ0v) is 11.8. The van der Waals surface area contributed by atoms with Crippen LogP contribution in [0.5, 0.6) is 0 Å². The molecule has 3 aromatic rings. The van der Waals surface area contributed by atoms with Crippen molar-refractivity contribution in [1.82, 2.24) is 4.57 Å². The molecule has 0 bridgehead atoms. The van der Waals surface area contributed by atoms with E-state index in [1.807, 2.05) is 6.07 Å². The maximum Gasteiger partial charge on any atom is 0.0931 e. The Morgan fingerprint density at radius 3 is 2.78 bits per heavy atom. The van der Waals surface area contributed by atoms with Crippen molar-refractivity contribution in [3.8, 4) is 0 Å². The standard InChI is InChI=1S/C15H14ClNS/c1-2-11-4-3-5-12-8-9-17(15(11)12)10-13-6-7-14(16)18-13/h3-9H,2,10H2,1H3. The summed E-state index contributed by atoms with van der Waals surface area (Å²) in [5, 5.41) is 1.32. The summed E-state index contributed by atoms with van der Waals surface area (Å²) >= 11 is 7.64. The van der Waals surface area contributed by atoms with E-state index in [4.69, 9.17) is 11.6 Å². The molecule has 0 saturated heterocycles. The lowest BCUT2D eigenvalue weighted by Gasteiger charge is -2.07. The van der Waals surface area contributed by atoms with Gasteiger partial charge in [-0.05, 0) is 35.6 Å². The first-order valence-electron chi connectivity index (χ1n) is 6.09. The van der Waals surface area contributed by atoms with Crippen molar-refractivity contribution in [2.45, 2.75) is 19.9 Å². The fourth-order valence-corrected chi connectivity index (χ4v) is 3.45. The number of rotatable bonds is 3. The van der Waals surface area contributed by atoms with Gasteiger partial charge in [-0.1, -0.05) is 36.7 Å². The molecule has 0 unspecified atom stereocenters. The van der Waals surface area contributed by atoms with E-state index in [1.54, 1.807) is 11.3 Å². The summed E-state index contributed by atoms with van der Waals surface area (Å²) in [4.78, 5) is 1.29. The Hall–Kier alpha value is -1.25. The predicted molar refractivity (Wildman–Crippen MR) is 79.7 cm³/mol. The van der Waals surface area contributed by atoms with Gasteiger partial charge in [0.2, 0.25) is 0 Å². The molecule has 18 heavy (non-hydrogen) atoms. The van der Waals surface area contributed by atoms with Crippen LogP contribution in [0.2, 0.25) is 4.34 Å². The largest absolute Gasteiger partial charge is 0.342 e. The first-order valence-corrected chi connectivity index (χ1v) is 7.28. The van der Waals surface area contributed by atoms with Gasteiger partial charge in [0.05, 0.1) is 16.4 Å². The summed E-state index contributed by atoms with van der Waals surface area (Å²) in [6.07, 6.45) is 3.23. The normalized spacial score (nSPS) is 11.2. The SMILES string of the molecule is CCc1cccc2ccn(Cc3ccc(Cl)s3)c12. The quantitative estimate of drug-likeness (QED) is 0.636. The Morgan fingerprint density at radius 1 is 1.17 bits per heavy atom. The van der Waals surface area contributed by atoms with E-state index >= 15 is 0 Å². The Balaban J connectivity index is 2.06. The molecule has 1 aromatic carbocycles. The molecule has 2 aromatic heterocycles. The molecule has 0 fully saturated rings. The molecule has 3 rings (SSSR count). The summed E-state index contributed by atoms with van der Waals surface area (Å²) in [7, 11) is 0. The van der Waals surface area contributed by atoms with E-state index in [-0.39, 0.29) is 0 Å². The van der Waals surface area contributed by atoms with Gasteiger partial charge in [0.15, 0.2) is 0 Å². The van der Waals surface area contributed by atoms with Crippen LogP contribution < -0.4 is 0 Å². The number of benzene rings is 1. The first-order chi connectivity index (χ1) is 8.78. The topological polar surface area (TPSA) is 4.93 Å². The minimum Gasteiger partial charge on any atom is -0.342 e. The molecule has 0 spiro atoms. The maximum absolute atomic E-state index is 5.99. The lowest BCUT2D eigenvalue weighted by molar-refractivity contribution is 0.845. The third-order valence-corrected chi connectivity index (χ3v) is 4.42. The second-order valence-corrected chi connectivity index (χ2v) is 6.16. The highest BCUT2D eigenvalue weighted by atomic mass is 35.5. The highest BCUT2D eigenvalue weighted by molar-refractivity contribution is 7.16. The fraction of sp³-hybridized carbons (Fsp3) is 0.200. The predicted octanol–water partition coefficient (Wildman–Crippen LogP) is 4.97. The summed E-state index contributed by atoms with van der Waals surface area (Å²) in [6, 6.07) is 12.8. The van der Waals surface area contributed by atoms with Crippen LogP contribution in [0.1, 0.15) is 17.4 Å². The van der Waals surface area contributed by atoms with Gasteiger partial charge in [-0.2, -0.15) is 0 Å². The van der Waals surface area contributed by atoms with Crippen molar-refractivity contribution in [1.29, 1.82) is 0 Å². The molecule has 0 radical (unpaired) electrons. The van der Waals surface area contributed by atoms with Crippen molar-refractivity contribution < 1.29 is 0 Å². The van der Waals surface area contributed by atoms with Crippen molar-refractivity contribution in [2.75, 3.05) is 0 Å². The number of thiophene rings is 1. The van der Waals surface area contributed by atoms with Crippen LogP contribution in [0.15, 0.2) is 42.6 Å². The minimum atomic E-state index is 0.858. The number of aromatic nitrogens is 1. The van der Waals surface area contributed by atoms with E-state index < -0.39 is 0 Å². The average Bonchev–Trinajstić information content (AvgIpc) is 2.97. The summed E-state index contributed by atoms with van der Waals surface area (Å²) < 4.78 is 3.17. The first kappa shape index (κ1) is 11.8. The number of hydrogen-bond donors (Lipinski definition) is 0. The van der Waals surface area contributed by atoms with Crippen molar-refractivity contribution in [3.05, 3.63) is 57.4 Å². The van der Waals surface area contributed by atoms with Crippen LogP contribution in [-0.4, -0.2) is 4.57 Å². The number of nitrogens with zero attached hydrogens (tertiary/aromatic N) is 1. The second-order valence-electron chi connectivity index (χ2n) is 4.36. The summed E-state index contributed by atoms with van der Waals surface area (Å²) in [5.74, 6) is 0. The second kappa shape index (κ2) is 4.79. The highest BCUT2D eigenvalue weighted by Gasteiger charge is 2.06. The van der Waals surface area contributed by atoms with Gasteiger partial charge in [-0.15, -0.1) is 11.3 Å². The zero-order valence-electron chi connectivity index (χ0n) is 10.2. The monoisotopic (exact) mass is 275 g/mol. The van der Waals surface area contributed by atoms with Crippen LogP contribution in [0.3, 0.4) is 0 Å². The third-order valence-electron chi connectivity index (χ3n) is 3.21. The molecular weight excluding hydrogens is 262 g/mol. The third kappa shape index (κ3) is 2.06. The summed E-state index contributed by atoms with van der Waals surface area (Å²) in [6.45, 7) is 3.10. The van der Waals surface area contributed by atoms with Crippen LogP contribution in [-0.2, 0) is 13.0 Å². The Bertz CT molecular complexity index is 681. The number of hydrogen-bond acceptors (Lipinski definition) is 1. The molecule has 0 amide bonds. The molecule has 0 aliphatic carbocycles. The Morgan fingerprint density at radius 2 is 2.06 bits per heavy atom. The smallest absolute Gasteiger partial charge is 0.0931 e. The van der Waals surface area contributed by atoms with Crippen molar-refractivity contribution in [3.63, 3.8) is 0 Å². The maximum atomic E-state index is 5.99. The Labute approximate surface area is 116 Å². The van der Waals surface area contributed by atoms with Crippen LogP contribution in [0.4, 0.5) is 0 Å². The Kier molecular flexibility index (Phi) is 3.14. The molecular formula is C15H14ClNS. The molecule has 0 atom stereocenters. The van der Waals surface area contributed by atoms with Gasteiger partial charge >= 0.3 is 0 Å². The fourth-order valence-electron chi connectivity index (χ4n) is 2.36. The molecule has 1 nitrogen and oxygen atoms in total. The van der Waals surface area contributed by atoms with Gasteiger partial charge in [0.1, 0.15) is 0 Å². The highest BCUT2D eigenvalue weighted by Crippen LogP contribution is 2.26. The lowest BCUT2D eigenvalue weighted by atomic mass is 10.1. The molecule has 3 heteroatoms. The molecule has 2 heterocycles. The van der Waals surface area contributed by atoms with E-state index in [2.05, 4.69) is 48.0 Å². The minimum absolute atomic E-state index is 0.858. The van der Waals surface area contributed by atoms with E-state index in [1.165, 1.54) is 21.3 Å². The zero-order chi connectivity index (χ0) is 12.5. The number of para-hydroxylation sites is 1. The number of halogens is 1. The van der Waals surface area contributed by atoms with Crippen molar-refractivity contribution in [2.24, 2.45) is 0 Å². The molecule has 0 saturated carbocycles. The van der Waals surface area contributed by atoms with Crippen LogP contribution >= 0.6 is 22.9 Å².